The molecule has 6 nitrogen and oxygen atoms in total. The Morgan fingerprint density at radius 3 is 2.71 bits per heavy atom. The predicted molar refractivity (Wildman–Crippen MR) is 53.5 cm³/mol. The summed E-state index contributed by atoms with van der Waals surface area (Å²) in [4.78, 5) is 23.9. The van der Waals surface area contributed by atoms with E-state index in [0.29, 0.717) is 5.69 Å². The lowest BCUT2D eigenvalue weighted by molar-refractivity contribution is -0.114. The van der Waals surface area contributed by atoms with E-state index >= 15 is 0 Å². The number of H-pyrrole nitrogens is 1. The second kappa shape index (κ2) is 3.91. The minimum absolute atomic E-state index is 0.220. The second-order valence-corrected chi connectivity index (χ2v) is 3.03. The van der Waals surface area contributed by atoms with Crippen LogP contribution in [-0.4, -0.2) is 30.2 Å². The maximum absolute atomic E-state index is 11.3. The third-order valence-electron chi connectivity index (χ3n) is 1.62. The van der Waals surface area contributed by atoms with Gasteiger partial charge in [0.25, 0.3) is 5.56 Å². The van der Waals surface area contributed by atoms with Crippen LogP contribution in [0.5, 0.6) is 0 Å². The second-order valence-electron chi connectivity index (χ2n) is 3.03. The van der Waals surface area contributed by atoms with Gasteiger partial charge in [-0.1, -0.05) is 0 Å². The van der Waals surface area contributed by atoms with Crippen LogP contribution in [0.25, 0.3) is 0 Å². The molecule has 14 heavy (non-hydrogen) atoms. The molecule has 0 atom stereocenters. The van der Waals surface area contributed by atoms with Crippen molar-refractivity contribution >= 4 is 17.3 Å². The van der Waals surface area contributed by atoms with Crippen molar-refractivity contribution in [2.24, 2.45) is 0 Å². The molecule has 1 aromatic rings. The van der Waals surface area contributed by atoms with Crippen molar-refractivity contribution < 1.29 is 4.79 Å². The number of carbonyl (C=O) groups is 1. The Balaban J connectivity index is 3.22. The molecule has 1 heterocycles. The van der Waals surface area contributed by atoms with Crippen molar-refractivity contribution in [2.45, 2.75) is 6.92 Å². The molecule has 0 radical (unpaired) electrons. The van der Waals surface area contributed by atoms with Gasteiger partial charge in [0, 0.05) is 21.0 Å². The molecule has 6 heteroatoms. The van der Waals surface area contributed by atoms with E-state index in [9.17, 15) is 9.59 Å². The number of hydrogen-bond donors (Lipinski definition) is 2. The molecular weight excluding hydrogens is 184 g/mol. The summed E-state index contributed by atoms with van der Waals surface area (Å²) in [6.07, 6.45) is 1.48. The van der Waals surface area contributed by atoms with Crippen LogP contribution in [0.15, 0.2) is 11.0 Å². The number of carbonyl (C=O) groups excluding carboxylic acids is 1. The van der Waals surface area contributed by atoms with Crippen LogP contribution < -0.4 is 15.8 Å². The van der Waals surface area contributed by atoms with Crippen molar-refractivity contribution in [3.8, 4) is 0 Å². The summed E-state index contributed by atoms with van der Waals surface area (Å²) in [5, 5.41) is 8.36. The average molecular weight is 196 g/mol. The molecule has 0 fully saturated rings. The molecule has 0 aliphatic rings. The third-order valence-corrected chi connectivity index (χ3v) is 1.62. The third kappa shape index (κ3) is 2.09. The summed E-state index contributed by atoms with van der Waals surface area (Å²) in [5.74, 6) is -0.287. The number of aromatic nitrogens is 2. The van der Waals surface area contributed by atoms with E-state index in [2.05, 4.69) is 15.5 Å². The molecular formula is C8H12N4O2. The highest BCUT2D eigenvalue weighted by molar-refractivity contribution is 5.92. The summed E-state index contributed by atoms with van der Waals surface area (Å²) < 4.78 is 0. The van der Waals surface area contributed by atoms with Crippen molar-refractivity contribution in [3.63, 3.8) is 0 Å². The first-order valence-corrected chi connectivity index (χ1v) is 4.05. The van der Waals surface area contributed by atoms with Crippen LogP contribution in [-0.2, 0) is 4.79 Å². The molecule has 0 aliphatic heterocycles. The van der Waals surface area contributed by atoms with Gasteiger partial charge in [-0.2, -0.15) is 5.10 Å². The number of anilines is 2. The Bertz CT molecular complexity index is 397. The zero-order valence-electron chi connectivity index (χ0n) is 8.29. The van der Waals surface area contributed by atoms with Gasteiger partial charge in [0.05, 0.1) is 11.9 Å². The number of aromatic amines is 1. The van der Waals surface area contributed by atoms with Gasteiger partial charge in [0.1, 0.15) is 5.69 Å². The van der Waals surface area contributed by atoms with Crippen LogP contribution in [0.3, 0.4) is 0 Å². The SMILES string of the molecule is CC(=O)Nc1c(N(C)C)cn[nH]c1=O. The van der Waals surface area contributed by atoms with Crippen LogP contribution in [0.1, 0.15) is 6.92 Å². The first kappa shape index (κ1) is 10.2. The van der Waals surface area contributed by atoms with Gasteiger partial charge < -0.3 is 10.2 Å². The normalized spacial score (nSPS) is 9.64. The number of hydrogen-bond acceptors (Lipinski definition) is 4. The first-order chi connectivity index (χ1) is 6.52. The van der Waals surface area contributed by atoms with Gasteiger partial charge >= 0.3 is 0 Å². The maximum atomic E-state index is 11.3. The largest absolute Gasteiger partial charge is 0.375 e. The van der Waals surface area contributed by atoms with Crippen molar-refractivity contribution in [2.75, 3.05) is 24.3 Å². The highest BCUT2D eigenvalue weighted by Gasteiger charge is 2.10. The lowest BCUT2D eigenvalue weighted by atomic mass is 10.3. The number of nitrogens with zero attached hydrogens (tertiary/aromatic N) is 2. The lowest BCUT2D eigenvalue weighted by Gasteiger charge is -2.15. The first-order valence-electron chi connectivity index (χ1n) is 4.05. The van der Waals surface area contributed by atoms with Gasteiger partial charge in [-0.15, -0.1) is 0 Å². The van der Waals surface area contributed by atoms with E-state index in [4.69, 9.17) is 0 Å². The number of nitrogens with one attached hydrogen (secondary N) is 2. The fourth-order valence-electron chi connectivity index (χ4n) is 1.02. The highest BCUT2D eigenvalue weighted by Crippen LogP contribution is 2.16. The fourth-order valence-corrected chi connectivity index (χ4v) is 1.02. The molecule has 0 saturated heterocycles. The summed E-state index contributed by atoms with van der Waals surface area (Å²) in [5.41, 5.74) is 0.382. The molecule has 0 saturated carbocycles. The van der Waals surface area contributed by atoms with E-state index < -0.39 is 5.56 Å². The standard InChI is InChI=1S/C8H12N4O2/c1-5(13)10-7-6(12(2)3)4-9-11-8(7)14/h4H,1-3H3,(H,11,14)(H,9,10,13). The minimum atomic E-state index is -0.411. The molecule has 0 unspecified atom stereocenters. The monoisotopic (exact) mass is 196 g/mol. The van der Waals surface area contributed by atoms with E-state index in [1.807, 2.05) is 0 Å². The van der Waals surface area contributed by atoms with Gasteiger partial charge in [0.2, 0.25) is 5.91 Å². The van der Waals surface area contributed by atoms with Crippen LogP contribution in [0.4, 0.5) is 11.4 Å². The molecule has 1 aromatic heterocycles. The molecule has 0 aromatic carbocycles. The molecule has 1 rings (SSSR count). The molecule has 0 aliphatic carbocycles. The number of amides is 1. The number of rotatable bonds is 2. The fraction of sp³-hybridized carbons (Fsp3) is 0.375. The highest BCUT2D eigenvalue weighted by atomic mass is 16.2. The summed E-state index contributed by atoms with van der Waals surface area (Å²) in [7, 11) is 3.53. The van der Waals surface area contributed by atoms with Crippen LogP contribution in [0, 0.1) is 0 Å². The molecule has 76 valence electrons. The summed E-state index contributed by atoms with van der Waals surface area (Å²) >= 11 is 0. The van der Waals surface area contributed by atoms with Gasteiger partial charge in [-0.3, -0.25) is 9.59 Å². The molecule has 0 bridgehead atoms. The Kier molecular flexibility index (Phi) is 2.85. The average Bonchev–Trinajstić information content (AvgIpc) is 2.07. The van der Waals surface area contributed by atoms with E-state index in [1.54, 1.807) is 19.0 Å². The Morgan fingerprint density at radius 2 is 2.21 bits per heavy atom. The predicted octanol–water partition coefficient (Wildman–Crippen LogP) is -0.206. The van der Waals surface area contributed by atoms with E-state index in [-0.39, 0.29) is 11.6 Å². The smallest absolute Gasteiger partial charge is 0.290 e. The topological polar surface area (TPSA) is 78.1 Å². The van der Waals surface area contributed by atoms with Gasteiger partial charge in [-0.25, -0.2) is 5.10 Å². The maximum Gasteiger partial charge on any atom is 0.290 e. The molecule has 2 N–H and O–H groups in total. The quantitative estimate of drug-likeness (QED) is 0.686. The van der Waals surface area contributed by atoms with Crippen molar-refractivity contribution in [1.29, 1.82) is 0 Å². The van der Waals surface area contributed by atoms with E-state index in [1.165, 1.54) is 13.1 Å². The van der Waals surface area contributed by atoms with Crippen molar-refractivity contribution in [1.82, 2.24) is 10.2 Å². The lowest BCUT2D eigenvalue weighted by Crippen LogP contribution is -2.23. The van der Waals surface area contributed by atoms with Crippen LogP contribution in [0.2, 0.25) is 0 Å². The minimum Gasteiger partial charge on any atom is -0.375 e. The van der Waals surface area contributed by atoms with Gasteiger partial charge in [0.15, 0.2) is 0 Å². The van der Waals surface area contributed by atoms with Crippen molar-refractivity contribution in [3.05, 3.63) is 16.6 Å². The van der Waals surface area contributed by atoms with Gasteiger partial charge in [-0.05, 0) is 0 Å². The Labute approximate surface area is 80.9 Å². The zero-order valence-corrected chi connectivity index (χ0v) is 8.29. The summed E-state index contributed by atoms with van der Waals surface area (Å²) in [6.45, 7) is 1.35. The van der Waals surface area contributed by atoms with Crippen LogP contribution >= 0.6 is 0 Å². The van der Waals surface area contributed by atoms with E-state index in [0.717, 1.165) is 0 Å². The zero-order chi connectivity index (χ0) is 10.7. The summed E-state index contributed by atoms with van der Waals surface area (Å²) in [6, 6.07) is 0. The Morgan fingerprint density at radius 1 is 1.57 bits per heavy atom. The molecule has 0 spiro atoms. The molecule has 1 amide bonds. The Hall–Kier alpha value is -1.85.